The number of oxazole rings is 1. The standard InChI is InChI=1S/C39H22N2O2/c1-2-10-24-21-34-29(19-23(24)9-1)28-13-5-7-15-33(28)41(34)26-17-18-35-30(22-26)37-31(39-40-32-14-6-8-16-36(32)43-39)20-25-11-3-4-12-27(25)38(37)42-35/h1-22H. The van der Waals surface area contributed by atoms with Crippen LogP contribution < -0.4 is 0 Å². The molecule has 10 rings (SSSR count). The summed E-state index contributed by atoms with van der Waals surface area (Å²) in [5.74, 6) is 0.591. The maximum absolute atomic E-state index is 6.63. The van der Waals surface area contributed by atoms with Gasteiger partial charge in [-0.05, 0) is 70.8 Å². The highest BCUT2D eigenvalue weighted by Gasteiger charge is 2.21. The van der Waals surface area contributed by atoms with Crippen LogP contribution in [0, 0.1) is 0 Å². The third-order valence-electron chi connectivity index (χ3n) is 8.77. The molecule has 0 aliphatic heterocycles. The van der Waals surface area contributed by atoms with E-state index in [1.165, 1.54) is 32.6 Å². The predicted octanol–water partition coefficient (Wildman–Crippen LogP) is 10.8. The van der Waals surface area contributed by atoms with Crippen LogP contribution in [-0.2, 0) is 0 Å². The van der Waals surface area contributed by atoms with Crippen molar-refractivity contribution in [3.63, 3.8) is 0 Å². The largest absolute Gasteiger partial charge is 0.455 e. The van der Waals surface area contributed by atoms with Gasteiger partial charge >= 0.3 is 0 Å². The van der Waals surface area contributed by atoms with E-state index >= 15 is 0 Å². The van der Waals surface area contributed by atoms with E-state index in [4.69, 9.17) is 13.8 Å². The molecular weight excluding hydrogens is 528 g/mol. The zero-order chi connectivity index (χ0) is 28.1. The maximum Gasteiger partial charge on any atom is 0.228 e. The molecule has 0 saturated carbocycles. The third-order valence-corrected chi connectivity index (χ3v) is 8.77. The molecule has 0 amide bonds. The Morgan fingerprint density at radius 3 is 2.12 bits per heavy atom. The normalized spacial score (nSPS) is 12.2. The van der Waals surface area contributed by atoms with Crippen molar-refractivity contribution >= 4 is 76.4 Å². The van der Waals surface area contributed by atoms with E-state index in [9.17, 15) is 0 Å². The van der Waals surface area contributed by atoms with Crippen LogP contribution in [0.1, 0.15) is 0 Å². The van der Waals surface area contributed by atoms with Gasteiger partial charge in [0.25, 0.3) is 0 Å². The maximum atomic E-state index is 6.63. The zero-order valence-electron chi connectivity index (χ0n) is 22.9. The van der Waals surface area contributed by atoms with Crippen molar-refractivity contribution in [2.45, 2.75) is 0 Å². The van der Waals surface area contributed by atoms with Crippen LogP contribution in [0.3, 0.4) is 0 Å². The van der Waals surface area contributed by atoms with Crippen molar-refractivity contribution in [1.29, 1.82) is 0 Å². The monoisotopic (exact) mass is 550 g/mol. The molecule has 0 bridgehead atoms. The molecule has 0 atom stereocenters. The minimum atomic E-state index is 0.591. The summed E-state index contributed by atoms with van der Waals surface area (Å²) in [5, 5.41) is 9.13. The van der Waals surface area contributed by atoms with Crippen LogP contribution in [0.4, 0.5) is 0 Å². The quantitative estimate of drug-likeness (QED) is 0.215. The van der Waals surface area contributed by atoms with E-state index in [-0.39, 0.29) is 0 Å². The molecule has 0 fully saturated rings. The Bertz CT molecular complexity index is 2710. The van der Waals surface area contributed by atoms with Gasteiger partial charge in [0.15, 0.2) is 5.58 Å². The van der Waals surface area contributed by atoms with Gasteiger partial charge in [-0.25, -0.2) is 4.98 Å². The van der Waals surface area contributed by atoms with Crippen LogP contribution >= 0.6 is 0 Å². The smallest absolute Gasteiger partial charge is 0.228 e. The van der Waals surface area contributed by atoms with Gasteiger partial charge in [-0.3, -0.25) is 0 Å². The highest BCUT2D eigenvalue weighted by molar-refractivity contribution is 6.21. The highest BCUT2D eigenvalue weighted by Crippen LogP contribution is 2.43. The summed E-state index contributed by atoms with van der Waals surface area (Å²) >= 11 is 0. The Morgan fingerprint density at radius 2 is 1.23 bits per heavy atom. The van der Waals surface area contributed by atoms with Crippen molar-refractivity contribution in [1.82, 2.24) is 9.55 Å². The number of rotatable bonds is 2. The Labute approximate surface area is 245 Å². The van der Waals surface area contributed by atoms with Crippen molar-refractivity contribution in [2.75, 3.05) is 0 Å². The minimum Gasteiger partial charge on any atom is -0.455 e. The molecule has 200 valence electrons. The number of nitrogens with zero attached hydrogens (tertiary/aromatic N) is 2. The molecule has 0 aliphatic carbocycles. The first-order valence-corrected chi connectivity index (χ1v) is 14.5. The van der Waals surface area contributed by atoms with Crippen LogP contribution in [0.15, 0.2) is 142 Å². The fourth-order valence-corrected chi connectivity index (χ4v) is 6.83. The second-order valence-electron chi connectivity index (χ2n) is 11.2. The average molecular weight is 551 g/mol. The molecular formula is C39H22N2O2. The molecule has 0 unspecified atom stereocenters. The van der Waals surface area contributed by atoms with Gasteiger partial charge in [-0.15, -0.1) is 0 Å². The summed E-state index contributed by atoms with van der Waals surface area (Å²) in [7, 11) is 0. The van der Waals surface area contributed by atoms with Gasteiger partial charge in [0.05, 0.1) is 11.0 Å². The minimum absolute atomic E-state index is 0.591. The van der Waals surface area contributed by atoms with E-state index < -0.39 is 0 Å². The Kier molecular flexibility index (Phi) is 4.42. The Hall–Kier alpha value is -5.87. The lowest BCUT2D eigenvalue weighted by Gasteiger charge is -2.09. The number of fused-ring (bicyclic) bond motifs is 10. The van der Waals surface area contributed by atoms with Gasteiger partial charge in [0.1, 0.15) is 16.7 Å². The molecule has 10 aromatic rings. The second kappa shape index (κ2) is 8.34. The topological polar surface area (TPSA) is 44.1 Å². The molecule has 43 heavy (non-hydrogen) atoms. The lowest BCUT2D eigenvalue weighted by molar-refractivity contribution is 0.620. The summed E-state index contributed by atoms with van der Waals surface area (Å²) in [6, 6.07) is 46.8. The number of aromatic nitrogens is 2. The fraction of sp³-hybridized carbons (Fsp3) is 0. The summed E-state index contributed by atoms with van der Waals surface area (Å²) in [6.45, 7) is 0. The Morgan fingerprint density at radius 1 is 0.488 bits per heavy atom. The van der Waals surface area contributed by atoms with Gasteiger partial charge in [0.2, 0.25) is 5.89 Å². The molecule has 4 heteroatoms. The first kappa shape index (κ1) is 22.8. The molecule has 0 saturated heterocycles. The summed E-state index contributed by atoms with van der Waals surface area (Å²) in [5.41, 5.74) is 7.63. The zero-order valence-corrected chi connectivity index (χ0v) is 22.9. The number of para-hydroxylation sites is 3. The van der Waals surface area contributed by atoms with Crippen molar-refractivity contribution in [2.24, 2.45) is 0 Å². The first-order chi connectivity index (χ1) is 21.3. The summed E-state index contributed by atoms with van der Waals surface area (Å²) in [4.78, 5) is 4.90. The second-order valence-corrected chi connectivity index (χ2v) is 11.2. The van der Waals surface area contributed by atoms with Crippen molar-refractivity contribution in [3.8, 4) is 17.1 Å². The lowest BCUT2D eigenvalue weighted by atomic mass is 10.00. The molecule has 3 aromatic heterocycles. The molecule has 7 aromatic carbocycles. The van der Waals surface area contributed by atoms with Crippen LogP contribution in [0.2, 0.25) is 0 Å². The average Bonchev–Trinajstić information content (AvgIpc) is 3.75. The van der Waals surface area contributed by atoms with Crippen LogP contribution in [0.5, 0.6) is 0 Å². The van der Waals surface area contributed by atoms with Crippen molar-refractivity contribution < 1.29 is 8.83 Å². The fourth-order valence-electron chi connectivity index (χ4n) is 6.83. The van der Waals surface area contributed by atoms with Gasteiger partial charge in [-0.1, -0.05) is 78.9 Å². The molecule has 0 radical (unpaired) electrons. The van der Waals surface area contributed by atoms with Gasteiger partial charge < -0.3 is 13.4 Å². The van der Waals surface area contributed by atoms with E-state index in [0.717, 1.165) is 55.1 Å². The van der Waals surface area contributed by atoms with E-state index in [1.54, 1.807) is 0 Å². The predicted molar refractivity (Wildman–Crippen MR) is 176 cm³/mol. The van der Waals surface area contributed by atoms with Gasteiger partial charge in [-0.2, -0.15) is 0 Å². The molecule has 0 spiro atoms. The third kappa shape index (κ3) is 3.18. The number of hydrogen-bond donors (Lipinski definition) is 0. The van der Waals surface area contributed by atoms with E-state index in [2.05, 4.69) is 114 Å². The van der Waals surface area contributed by atoms with Crippen LogP contribution in [-0.4, -0.2) is 9.55 Å². The number of furan rings is 1. The lowest BCUT2D eigenvalue weighted by Crippen LogP contribution is -1.93. The van der Waals surface area contributed by atoms with Crippen LogP contribution in [0.25, 0.3) is 93.5 Å². The molecule has 3 heterocycles. The summed E-state index contributed by atoms with van der Waals surface area (Å²) in [6.07, 6.45) is 0. The molecule has 4 nitrogen and oxygen atoms in total. The first-order valence-electron chi connectivity index (χ1n) is 14.5. The Balaban J connectivity index is 1.32. The van der Waals surface area contributed by atoms with Crippen molar-refractivity contribution in [3.05, 3.63) is 133 Å². The number of hydrogen-bond acceptors (Lipinski definition) is 3. The molecule has 0 aliphatic rings. The molecule has 0 N–H and O–H groups in total. The van der Waals surface area contributed by atoms with E-state index in [0.29, 0.717) is 5.89 Å². The number of benzene rings is 7. The van der Waals surface area contributed by atoms with Gasteiger partial charge in [0, 0.05) is 38.2 Å². The summed E-state index contributed by atoms with van der Waals surface area (Å²) < 4.78 is 15.3. The SMILES string of the molecule is c1ccc2cc3c(cc2c1)c1ccccc1n3-c1ccc2oc3c4ccccc4cc(-c4nc5ccccc5o4)c3c2c1. The van der Waals surface area contributed by atoms with E-state index in [1.807, 2.05) is 24.3 Å². The highest BCUT2D eigenvalue weighted by atomic mass is 16.3.